The molecule has 1 atom stereocenters. The average Bonchev–Trinajstić information content (AvgIpc) is 2.61. The fourth-order valence-corrected chi connectivity index (χ4v) is 2.99. The van der Waals surface area contributed by atoms with E-state index in [0.29, 0.717) is 30.0 Å². The summed E-state index contributed by atoms with van der Waals surface area (Å²) < 4.78 is 19.2. The number of thioether (sulfide) groups is 1. The molecule has 0 fully saturated rings. The number of carbonyl (C=O) groups is 1. The van der Waals surface area contributed by atoms with Crippen LogP contribution in [0.5, 0.6) is 5.75 Å². The van der Waals surface area contributed by atoms with Crippen molar-refractivity contribution < 1.29 is 13.9 Å². The lowest BCUT2D eigenvalue weighted by Gasteiger charge is -2.17. The van der Waals surface area contributed by atoms with Crippen LogP contribution in [0, 0.1) is 5.82 Å². The van der Waals surface area contributed by atoms with E-state index >= 15 is 0 Å². The lowest BCUT2D eigenvalue weighted by molar-refractivity contribution is -0.127. The van der Waals surface area contributed by atoms with Crippen LogP contribution < -0.4 is 10.1 Å². The highest BCUT2D eigenvalue weighted by molar-refractivity contribution is 7.98. The second kappa shape index (κ2) is 9.98. The maximum absolute atomic E-state index is 13.5. The van der Waals surface area contributed by atoms with E-state index in [-0.39, 0.29) is 11.7 Å². The number of rotatable bonds is 9. The van der Waals surface area contributed by atoms with Gasteiger partial charge in [-0.15, -0.1) is 0 Å². The molecule has 0 aliphatic heterocycles. The van der Waals surface area contributed by atoms with Gasteiger partial charge in [0.1, 0.15) is 11.6 Å². The Hall–Kier alpha value is -2.01. The highest BCUT2D eigenvalue weighted by Crippen LogP contribution is 2.15. The van der Waals surface area contributed by atoms with E-state index in [1.165, 1.54) is 6.07 Å². The molecule has 0 aliphatic rings. The molecule has 0 spiro atoms. The van der Waals surface area contributed by atoms with Crippen LogP contribution in [0.3, 0.4) is 0 Å². The van der Waals surface area contributed by atoms with Crippen LogP contribution in [0.2, 0.25) is 0 Å². The number of hydrogen-bond acceptors (Lipinski definition) is 3. The van der Waals surface area contributed by atoms with Crippen molar-refractivity contribution in [3.8, 4) is 5.75 Å². The number of halogens is 1. The molecular weight excluding hydrogens is 325 g/mol. The summed E-state index contributed by atoms with van der Waals surface area (Å²) in [5, 5.41) is 2.88. The second-order valence-electron chi connectivity index (χ2n) is 5.26. The van der Waals surface area contributed by atoms with Crippen LogP contribution in [0.1, 0.15) is 18.9 Å². The molecule has 24 heavy (non-hydrogen) atoms. The van der Waals surface area contributed by atoms with Gasteiger partial charge >= 0.3 is 0 Å². The summed E-state index contributed by atoms with van der Waals surface area (Å²) in [4.78, 5) is 12.2. The Morgan fingerprint density at radius 2 is 1.88 bits per heavy atom. The van der Waals surface area contributed by atoms with E-state index in [2.05, 4.69) is 5.32 Å². The summed E-state index contributed by atoms with van der Waals surface area (Å²) in [6.45, 7) is 2.45. The summed E-state index contributed by atoms with van der Waals surface area (Å²) >= 11 is 1.59. The first-order valence-electron chi connectivity index (χ1n) is 8.01. The molecule has 1 N–H and O–H groups in total. The quantitative estimate of drug-likeness (QED) is 0.696. The molecule has 0 bridgehead atoms. The molecule has 128 valence electrons. The van der Waals surface area contributed by atoms with Crippen molar-refractivity contribution in [3.63, 3.8) is 0 Å². The molecule has 5 heteroatoms. The Kier molecular flexibility index (Phi) is 7.62. The van der Waals surface area contributed by atoms with Gasteiger partial charge in [0.15, 0.2) is 6.10 Å². The SMILES string of the molecule is CCC(Oc1ccccc1)C(=O)NCCSCc1ccccc1F. The third kappa shape index (κ3) is 5.89. The largest absolute Gasteiger partial charge is 0.481 e. The summed E-state index contributed by atoms with van der Waals surface area (Å²) in [6, 6.07) is 16.1. The topological polar surface area (TPSA) is 38.3 Å². The molecule has 0 aliphatic carbocycles. The molecule has 0 saturated carbocycles. The van der Waals surface area contributed by atoms with Gasteiger partial charge < -0.3 is 10.1 Å². The minimum absolute atomic E-state index is 0.118. The van der Waals surface area contributed by atoms with E-state index in [1.807, 2.05) is 43.3 Å². The molecular formula is C19H22FNO2S. The zero-order valence-corrected chi connectivity index (χ0v) is 14.5. The van der Waals surface area contributed by atoms with Crippen LogP contribution in [0.4, 0.5) is 4.39 Å². The first-order chi connectivity index (χ1) is 11.7. The summed E-state index contributed by atoms with van der Waals surface area (Å²) in [7, 11) is 0. The van der Waals surface area contributed by atoms with Crippen molar-refractivity contribution in [2.75, 3.05) is 12.3 Å². The Morgan fingerprint density at radius 1 is 1.17 bits per heavy atom. The van der Waals surface area contributed by atoms with Gasteiger partial charge in [-0.2, -0.15) is 11.8 Å². The van der Waals surface area contributed by atoms with Crippen molar-refractivity contribution >= 4 is 17.7 Å². The van der Waals surface area contributed by atoms with Gasteiger partial charge in [0.25, 0.3) is 5.91 Å². The molecule has 1 unspecified atom stereocenters. The first kappa shape index (κ1) is 18.3. The lowest BCUT2D eigenvalue weighted by atomic mass is 10.2. The van der Waals surface area contributed by atoms with Crippen molar-refractivity contribution in [2.24, 2.45) is 0 Å². The molecule has 2 aromatic carbocycles. The van der Waals surface area contributed by atoms with Crippen LogP contribution in [-0.4, -0.2) is 24.3 Å². The van der Waals surface area contributed by atoms with Crippen molar-refractivity contribution in [3.05, 3.63) is 66.0 Å². The number of amides is 1. The Labute approximate surface area is 146 Å². The zero-order valence-electron chi connectivity index (χ0n) is 13.7. The molecule has 0 aromatic heterocycles. The predicted molar refractivity (Wildman–Crippen MR) is 96.7 cm³/mol. The van der Waals surface area contributed by atoms with Crippen LogP contribution in [0.15, 0.2) is 54.6 Å². The Morgan fingerprint density at radius 3 is 2.58 bits per heavy atom. The van der Waals surface area contributed by atoms with Crippen molar-refractivity contribution in [1.82, 2.24) is 5.32 Å². The minimum atomic E-state index is -0.496. The molecule has 3 nitrogen and oxygen atoms in total. The number of carbonyl (C=O) groups excluding carboxylic acids is 1. The van der Waals surface area contributed by atoms with E-state index in [0.717, 1.165) is 5.75 Å². The summed E-state index contributed by atoms with van der Waals surface area (Å²) in [5.74, 6) is 1.71. The standard InChI is InChI=1S/C19H22FNO2S/c1-2-18(23-16-9-4-3-5-10-16)19(22)21-12-13-24-14-15-8-6-7-11-17(15)20/h3-11,18H,2,12-14H2,1H3,(H,21,22). The van der Waals surface area contributed by atoms with Gasteiger partial charge in [0.05, 0.1) is 0 Å². The van der Waals surface area contributed by atoms with Gasteiger partial charge in [-0.1, -0.05) is 43.3 Å². The predicted octanol–water partition coefficient (Wildman–Crippen LogP) is 4.03. The monoisotopic (exact) mass is 347 g/mol. The normalized spacial score (nSPS) is 11.8. The number of para-hydroxylation sites is 1. The van der Waals surface area contributed by atoms with Crippen molar-refractivity contribution in [1.29, 1.82) is 0 Å². The zero-order chi connectivity index (χ0) is 17.2. The van der Waals surface area contributed by atoms with Gasteiger partial charge in [-0.05, 0) is 30.2 Å². The van der Waals surface area contributed by atoms with Crippen LogP contribution >= 0.6 is 11.8 Å². The van der Waals surface area contributed by atoms with Gasteiger partial charge in [-0.25, -0.2) is 4.39 Å². The minimum Gasteiger partial charge on any atom is -0.481 e. The summed E-state index contributed by atoms with van der Waals surface area (Å²) in [6.07, 6.45) is 0.104. The highest BCUT2D eigenvalue weighted by Gasteiger charge is 2.17. The average molecular weight is 347 g/mol. The molecule has 2 rings (SSSR count). The number of benzene rings is 2. The Bertz CT molecular complexity index is 636. The van der Waals surface area contributed by atoms with Gasteiger partial charge in [-0.3, -0.25) is 4.79 Å². The maximum atomic E-state index is 13.5. The lowest BCUT2D eigenvalue weighted by Crippen LogP contribution is -2.39. The highest BCUT2D eigenvalue weighted by atomic mass is 32.2. The fraction of sp³-hybridized carbons (Fsp3) is 0.316. The number of hydrogen-bond donors (Lipinski definition) is 1. The van der Waals surface area contributed by atoms with E-state index in [4.69, 9.17) is 4.74 Å². The molecule has 0 saturated heterocycles. The van der Waals surface area contributed by atoms with Gasteiger partial charge in [0, 0.05) is 18.1 Å². The number of ether oxygens (including phenoxy) is 1. The smallest absolute Gasteiger partial charge is 0.261 e. The van der Waals surface area contributed by atoms with Crippen molar-refractivity contribution in [2.45, 2.75) is 25.2 Å². The molecule has 1 amide bonds. The van der Waals surface area contributed by atoms with Crippen LogP contribution in [-0.2, 0) is 10.5 Å². The van der Waals surface area contributed by atoms with Crippen LogP contribution in [0.25, 0.3) is 0 Å². The van der Waals surface area contributed by atoms with E-state index in [9.17, 15) is 9.18 Å². The fourth-order valence-electron chi connectivity index (χ4n) is 2.14. The van der Waals surface area contributed by atoms with E-state index < -0.39 is 6.10 Å². The van der Waals surface area contributed by atoms with Gasteiger partial charge in [0.2, 0.25) is 0 Å². The number of nitrogens with one attached hydrogen (secondary N) is 1. The molecule has 0 heterocycles. The third-order valence-electron chi connectivity index (χ3n) is 3.45. The third-order valence-corrected chi connectivity index (χ3v) is 4.45. The second-order valence-corrected chi connectivity index (χ2v) is 6.37. The maximum Gasteiger partial charge on any atom is 0.261 e. The first-order valence-corrected chi connectivity index (χ1v) is 9.16. The Balaban J connectivity index is 1.69. The van der Waals surface area contributed by atoms with E-state index in [1.54, 1.807) is 23.9 Å². The molecule has 2 aromatic rings. The molecule has 0 radical (unpaired) electrons. The summed E-state index contributed by atoms with van der Waals surface area (Å²) in [5.41, 5.74) is 0.688.